The van der Waals surface area contributed by atoms with Crippen molar-refractivity contribution in [2.75, 3.05) is 13.1 Å². The average Bonchev–Trinajstić information content (AvgIpc) is 3.86. The molecule has 7 rings (SSSR count). The highest BCUT2D eigenvalue weighted by Gasteiger charge is 2.37. The van der Waals surface area contributed by atoms with Crippen LogP contribution in [0.4, 0.5) is 4.39 Å². The number of carbonyl (C=O) groups excluding carboxylic acids is 1. The third-order valence-electron chi connectivity index (χ3n) is 8.40. The van der Waals surface area contributed by atoms with Crippen LogP contribution in [-0.2, 0) is 11.3 Å². The van der Waals surface area contributed by atoms with Gasteiger partial charge in [0.15, 0.2) is 0 Å². The molecule has 214 valence electrons. The molecule has 4 aromatic rings. The maximum atomic E-state index is 15.1. The summed E-state index contributed by atoms with van der Waals surface area (Å²) in [5.74, 6) is -0.949. The Kier molecular flexibility index (Phi) is 6.27. The standard InChI is InChI=1S/C31H27ClFN5O4/c1-2-25(40)36-12-16(13-36)14-37-22-11-20(32)19(26-21(33)4-3-5-24(26)39)10-23(22)38(31(42)30(37)41)29-27(17-6-7-17)34-15-35-28(29)18-8-9-18/h2-5,10-11,15-18,39H,1,6-9,12-14H2. The molecule has 2 saturated carbocycles. The van der Waals surface area contributed by atoms with Crippen molar-refractivity contribution in [2.45, 2.75) is 44.1 Å². The average molecular weight is 588 g/mol. The monoisotopic (exact) mass is 587 g/mol. The molecule has 1 N–H and O–H groups in total. The summed E-state index contributed by atoms with van der Waals surface area (Å²) >= 11 is 6.73. The molecule has 2 aromatic carbocycles. The number of fused-ring (bicyclic) bond motifs is 1. The van der Waals surface area contributed by atoms with Gasteiger partial charge in [0, 0.05) is 43.0 Å². The molecule has 1 amide bonds. The van der Waals surface area contributed by atoms with Crippen LogP contribution in [0.2, 0.25) is 5.02 Å². The zero-order chi connectivity index (χ0) is 29.3. The Bertz CT molecular complexity index is 1870. The molecule has 2 aliphatic carbocycles. The van der Waals surface area contributed by atoms with E-state index in [0.717, 1.165) is 37.1 Å². The van der Waals surface area contributed by atoms with Gasteiger partial charge in [0.2, 0.25) is 5.91 Å². The maximum Gasteiger partial charge on any atom is 0.321 e. The second-order valence-corrected chi connectivity index (χ2v) is 11.8. The van der Waals surface area contributed by atoms with E-state index in [0.29, 0.717) is 29.8 Å². The van der Waals surface area contributed by atoms with Crippen molar-refractivity contribution >= 4 is 28.5 Å². The Morgan fingerprint density at radius 3 is 2.31 bits per heavy atom. The number of carbonyl (C=O) groups is 1. The van der Waals surface area contributed by atoms with Crippen molar-refractivity contribution in [1.82, 2.24) is 24.0 Å². The summed E-state index contributed by atoms with van der Waals surface area (Å²) in [5, 5.41) is 10.7. The molecule has 0 radical (unpaired) electrons. The largest absolute Gasteiger partial charge is 0.507 e. The maximum absolute atomic E-state index is 15.1. The number of phenolic OH excluding ortho intramolecular Hbond substituents is 1. The van der Waals surface area contributed by atoms with Crippen molar-refractivity contribution in [1.29, 1.82) is 0 Å². The van der Waals surface area contributed by atoms with Gasteiger partial charge < -0.3 is 14.6 Å². The fourth-order valence-corrected chi connectivity index (χ4v) is 6.20. The van der Waals surface area contributed by atoms with Crippen LogP contribution in [0, 0.1) is 11.7 Å². The highest BCUT2D eigenvalue weighted by molar-refractivity contribution is 6.34. The minimum absolute atomic E-state index is 0.0665. The topological polar surface area (TPSA) is 110 Å². The fourth-order valence-electron chi connectivity index (χ4n) is 5.95. The van der Waals surface area contributed by atoms with Gasteiger partial charge in [0.1, 0.15) is 17.9 Å². The van der Waals surface area contributed by atoms with Crippen molar-refractivity contribution in [3.05, 3.63) is 92.2 Å². The van der Waals surface area contributed by atoms with Gasteiger partial charge in [-0.3, -0.25) is 19.0 Å². The van der Waals surface area contributed by atoms with Gasteiger partial charge in [0.25, 0.3) is 0 Å². The molecule has 42 heavy (non-hydrogen) atoms. The second-order valence-electron chi connectivity index (χ2n) is 11.4. The number of likely N-dealkylation sites (tertiary alicyclic amines) is 1. The Morgan fingerprint density at radius 1 is 1.05 bits per heavy atom. The number of rotatable bonds is 7. The molecule has 0 atom stereocenters. The first-order chi connectivity index (χ1) is 20.3. The Labute approximate surface area is 244 Å². The summed E-state index contributed by atoms with van der Waals surface area (Å²) in [6.07, 6.45) is 6.43. The number of aromatic hydroxyl groups is 1. The summed E-state index contributed by atoms with van der Waals surface area (Å²) < 4.78 is 17.8. The zero-order valence-electron chi connectivity index (χ0n) is 22.6. The van der Waals surface area contributed by atoms with Gasteiger partial charge in [0.05, 0.1) is 38.7 Å². The van der Waals surface area contributed by atoms with E-state index in [1.807, 2.05) is 0 Å². The molecule has 2 aromatic heterocycles. The molecule has 0 bridgehead atoms. The number of aromatic nitrogens is 4. The SMILES string of the molecule is C=CC(=O)N1CC(Cn2c(=O)c(=O)n(-c3c(C4CC4)ncnc3C3CC3)c3cc(-c4c(O)cccc4F)c(Cl)cc32)C1. The van der Waals surface area contributed by atoms with Crippen LogP contribution >= 0.6 is 11.6 Å². The van der Waals surface area contributed by atoms with Crippen molar-refractivity contribution < 1.29 is 14.3 Å². The summed E-state index contributed by atoms with van der Waals surface area (Å²) in [7, 11) is 0. The van der Waals surface area contributed by atoms with E-state index < -0.39 is 16.9 Å². The van der Waals surface area contributed by atoms with Crippen LogP contribution in [0.3, 0.4) is 0 Å². The van der Waals surface area contributed by atoms with E-state index in [2.05, 4.69) is 16.5 Å². The molecule has 3 aliphatic rings. The Balaban J connectivity index is 1.50. The van der Waals surface area contributed by atoms with Crippen LogP contribution in [-0.4, -0.2) is 48.1 Å². The molecule has 11 heteroatoms. The van der Waals surface area contributed by atoms with E-state index in [-0.39, 0.29) is 52.1 Å². The van der Waals surface area contributed by atoms with E-state index in [1.54, 1.807) is 11.0 Å². The van der Waals surface area contributed by atoms with Gasteiger partial charge in [-0.05, 0) is 56.0 Å². The van der Waals surface area contributed by atoms with E-state index >= 15 is 4.39 Å². The van der Waals surface area contributed by atoms with E-state index in [4.69, 9.17) is 11.6 Å². The molecule has 1 aliphatic heterocycles. The first kappa shape index (κ1) is 26.6. The lowest BCUT2D eigenvalue weighted by atomic mass is 9.99. The van der Waals surface area contributed by atoms with Crippen LogP contribution < -0.4 is 11.1 Å². The van der Waals surface area contributed by atoms with Crippen LogP contribution in [0.25, 0.3) is 27.8 Å². The first-order valence-corrected chi connectivity index (χ1v) is 14.4. The lowest BCUT2D eigenvalue weighted by Crippen LogP contribution is -2.52. The molecular formula is C31H27ClFN5O4. The molecule has 0 unspecified atom stereocenters. The van der Waals surface area contributed by atoms with Crippen LogP contribution in [0.15, 0.2) is 58.9 Å². The predicted molar refractivity (Wildman–Crippen MR) is 156 cm³/mol. The predicted octanol–water partition coefficient (Wildman–Crippen LogP) is 4.51. The minimum Gasteiger partial charge on any atom is -0.507 e. The minimum atomic E-state index is -0.773. The van der Waals surface area contributed by atoms with Gasteiger partial charge in [-0.25, -0.2) is 14.4 Å². The summed E-state index contributed by atoms with van der Waals surface area (Å²) in [6.45, 7) is 4.54. The third-order valence-corrected chi connectivity index (χ3v) is 8.72. The highest BCUT2D eigenvalue weighted by atomic mass is 35.5. The molecule has 3 heterocycles. The van der Waals surface area contributed by atoms with Gasteiger partial charge >= 0.3 is 11.1 Å². The third kappa shape index (κ3) is 4.32. The quantitative estimate of drug-likeness (QED) is 0.252. The number of hydrogen-bond donors (Lipinski definition) is 1. The van der Waals surface area contributed by atoms with Crippen molar-refractivity contribution in [3.8, 4) is 22.6 Å². The number of benzene rings is 2. The Hall–Kier alpha value is -4.31. The van der Waals surface area contributed by atoms with Crippen molar-refractivity contribution in [3.63, 3.8) is 0 Å². The lowest BCUT2D eigenvalue weighted by Gasteiger charge is -2.39. The normalized spacial score (nSPS) is 17.0. The first-order valence-electron chi connectivity index (χ1n) is 14.0. The molecule has 0 spiro atoms. The van der Waals surface area contributed by atoms with E-state index in [9.17, 15) is 19.5 Å². The number of halogens is 2. The van der Waals surface area contributed by atoms with E-state index in [1.165, 1.54) is 45.8 Å². The summed E-state index contributed by atoms with van der Waals surface area (Å²) in [5.41, 5.74) is 1.23. The molecule has 9 nitrogen and oxygen atoms in total. The lowest BCUT2D eigenvalue weighted by molar-refractivity contribution is -0.132. The number of nitrogens with zero attached hydrogens (tertiary/aromatic N) is 5. The second kappa shape index (κ2) is 9.90. The van der Waals surface area contributed by atoms with Crippen LogP contribution in [0.1, 0.15) is 48.9 Å². The summed E-state index contributed by atoms with van der Waals surface area (Å²) in [4.78, 5) is 50.7. The molecule has 1 saturated heterocycles. The molecular weight excluding hydrogens is 561 g/mol. The summed E-state index contributed by atoms with van der Waals surface area (Å²) in [6, 6.07) is 7.07. The van der Waals surface area contributed by atoms with Crippen LogP contribution in [0.5, 0.6) is 5.75 Å². The Morgan fingerprint density at radius 2 is 1.71 bits per heavy atom. The van der Waals surface area contributed by atoms with Gasteiger partial charge in [-0.1, -0.05) is 24.2 Å². The number of amides is 1. The fraction of sp³-hybridized carbons (Fsp3) is 0.323. The molecule has 3 fully saturated rings. The van der Waals surface area contributed by atoms with Gasteiger partial charge in [-0.15, -0.1) is 0 Å². The number of phenols is 1. The van der Waals surface area contributed by atoms with Gasteiger partial charge in [-0.2, -0.15) is 0 Å². The smallest absolute Gasteiger partial charge is 0.321 e. The van der Waals surface area contributed by atoms with Crippen molar-refractivity contribution in [2.24, 2.45) is 5.92 Å². The zero-order valence-corrected chi connectivity index (χ0v) is 23.4. The highest BCUT2D eigenvalue weighted by Crippen LogP contribution is 2.47. The number of hydrogen-bond acceptors (Lipinski definition) is 6.